The molecule has 9 nitrogen and oxygen atoms in total. The van der Waals surface area contributed by atoms with E-state index in [0.717, 1.165) is 21.8 Å². The molecule has 1 N–H and O–H groups in total. The molecule has 194 valence electrons. The standard InChI is InChI=1S/C27H29N3O6S/c1-4-11-35-23(31)13-22-26(33)30-24(25(32)29-14-18-5-6-20(34-3)12-17(18)2)19(15-36-27(22)30)16-37-21-7-9-28-10-8-21/h4-10,12,22,27H,1,11,13-16H2,2-3H3,(H,29,32)/t22-,27-/m1/s1. The molecule has 2 aromatic rings. The summed E-state index contributed by atoms with van der Waals surface area (Å²) in [6, 6.07) is 9.39. The minimum atomic E-state index is -0.696. The second-order valence-corrected chi connectivity index (χ2v) is 9.64. The molecule has 10 heteroatoms. The van der Waals surface area contributed by atoms with Gasteiger partial charge in [0.05, 0.1) is 26.1 Å². The Balaban J connectivity index is 1.52. The number of thioether (sulfide) groups is 1. The van der Waals surface area contributed by atoms with Crippen LogP contribution in [0.1, 0.15) is 17.5 Å². The number of carbonyl (C=O) groups excluding carboxylic acids is 3. The van der Waals surface area contributed by atoms with Crippen LogP contribution in [-0.2, 0) is 30.4 Å². The Morgan fingerprint density at radius 3 is 2.78 bits per heavy atom. The highest BCUT2D eigenvalue weighted by atomic mass is 32.2. The van der Waals surface area contributed by atoms with Crippen molar-refractivity contribution in [1.29, 1.82) is 0 Å². The van der Waals surface area contributed by atoms with Crippen molar-refractivity contribution < 1.29 is 28.6 Å². The summed E-state index contributed by atoms with van der Waals surface area (Å²) in [4.78, 5) is 45.1. The van der Waals surface area contributed by atoms with Gasteiger partial charge in [-0.15, -0.1) is 11.8 Å². The number of aryl methyl sites for hydroxylation is 1. The summed E-state index contributed by atoms with van der Waals surface area (Å²) in [5, 5.41) is 2.96. The summed E-state index contributed by atoms with van der Waals surface area (Å²) in [6.07, 6.45) is 4.05. The highest BCUT2D eigenvalue weighted by Gasteiger charge is 2.54. The van der Waals surface area contributed by atoms with Gasteiger partial charge in [0, 0.05) is 29.6 Å². The van der Waals surface area contributed by atoms with Gasteiger partial charge in [-0.25, -0.2) is 0 Å². The first-order chi connectivity index (χ1) is 17.9. The van der Waals surface area contributed by atoms with E-state index < -0.39 is 18.1 Å². The molecule has 0 saturated carbocycles. The lowest BCUT2D eigenvalue weighted by Crippen LogP contribution is -2.65. The summed E-state index contributed by atoms with van der Waals surface area (Å²) in [7, 11) is 1.60. The number of amides is 2. The number of nitrogens with one attached hydrogen (secondary N) is 1. The maximum atomic E-state index is 13.5. The van der Waals surface area contributed by atoms with E-state index in [1.807, 2.05) is 37.3 Å². The van der Waals surface area contributed by atoms with Crippen LogP contribution >= 0.6 is 11.8 Å². The minimum Gasteiger partial charge on any atom is -0.497 e. The molecule has 0 aliphatic carbocycles. The fourth-order valence-electron chi connectivity index (χ4n) is 4.19. The van der Waals surface area contributed by atoms with Crippen LogP contribution in [0.5, 0.6) is 5.75 Å². The van der Waals surface area contributed by atoms with Crippen LogP contribution in [0.15, 0.2) is 71.5 Å². The van der Waals surface area contributed by atoms with E-state index in [4.69, 9.17) is 14.2 Å². The van der Waals surface area contributed by atoms with E-state index in [-0.39, 0.29) is 43.7 Å². The Morgan fingerprint density at radius 2 is 2.08 bits per heavy atom. The quantitative estimate of drug-likeness (QED) is 0.207. The number of hydrogen-bond acceptors (Lipinski definition) is 8. The van der Waals surface area contributed by atoms with Gasteiger partial charge in [0.1, 0.15) is 24.3 Å². The predicted molar refractivity (Wildman–Crippen MR) is 137 cm³/mol. The smallest absolute Gasteiger partial charge is 0.307 e. The SMILES string of the molecule is C=CCOC(=O)C[C@@H]1C(=O)N2C(C(=O)NCc3ccc(OC)cc3C)=C(CSc3ccncc3)CO[C@H]12. The molecule has 0 bridgehead atoms. The number of benzene rings is 1. The first-order valence-electron chi connectivity index (χ1n) is 11.8. The third kappa shape index (κ3) is 6.03. The Labute approximate surface area is 219 Å². The number of hydrogen-bond donors (Lipinski definition) is 1. The number of nitrogens with zero attached hydrogens (tertiary/aromatic N) is 2. The van der Waals surface area contributed by atoms with Gasteiger partial charge in [0.2, 0.25) is 5.91 Å². The van der Waals surface area contributed by atoms with Gasteiger partial charge in [-0.3, -0.25) is 24.3 Å². The lowest BCUT2D eigenvalue weighted by molar-refractivity contribution is -0.194. The van der Waals surface area contributed by atoms with Gasteiger partial charge >= 0.3 is 5.97 Å². The van der Waals surface area contributed by atoms with Crippen molar-refractivity contribution in [3.8, 4) is 5.75 Å². The van der Waals surface area contributed by atoms with Gasteiger partial charge < -0.3 is 19.5 Å². The van der Waals surface area contributed by atoms with Crippen molar-refractivity contribution in [1.82, 2.24) is 15.2 Å². The number of carbonyl (C=O) groups is 3. The van der Waals surface area contributed by atoms with Crippen LogP contribution in [0.2, 0.25) is 0 Å². The fourth-order valence-corrected chi connectivity index (χ4v) is 5.07. The molecule has 2 aliphatic rings. The van der Waals surface area contributed by atoms with Crippen molar-refractivity contribution in [2.24, 2.45) is 5.92 Å². The molecule has 2 atom stereocenters. The molecule has 2 amide bonds. The second-order valence-electron chi connectivity index (χ2n) is 8.59. The monoisotopic (exact) mass is 523 g/mol. The van der Waals surface area contributed by atoms with Gasteiger partial charge in [0.25, 0.3) is 5.91 Å². The molecule has 1 aromatic heterocycles. The normalized spacial score (nSPS) is 18.5. The molecular formula is C27H29N3O6S. The minimum absolute atomic E-state index is 0.0731. The Bertz CT molecular complexity index is 1220. The third-order valence-corrected chi connectivity index (χ3v) is 7.27. The van der Waals surface area contributed by atoms with Crippen LogP contribution in [-0.4, -0.2) is 60.0 Å². The van der Waals surface area contributed by atoms with E-state index in [9.17, 15) is 14.4 Å². The number of fused-ring (bicyclic) bond motifs is 1. The summed E-state index contributed by atoms with van der Waals surface area (Å²) >= 11 is 1.52. The van der Waals surface area contributed by atoms with E-state index in [1.165, 1.54) is 22.7 Å². The molecule has 0 unspecified atom stereocenters. The van der Waals surface area contributed by atoms with Crippen molar-refractivity contribution in [3.05, 3.63) is 77.8 Å². The third-order valence-electron chi connectivity index (χ3n) is 6.17. The summed E-state index contributed by atoms with van der Waals surface area (Å²) < 4.78 is 16.2. The zero-order chi connectivity index (χ0) is 26.4. The van der Waals surface area contributed by atoms with Gasteiger partial charge in [0.15, 0.2) is 0 Å². The highest BCUT2D eigenvalue weighted by molar-refractivity contribution is 7.99. The lowest BCUT2D eigenvalue weighted by atomic mass is 9.89. The number of esters is 1. The largest absolute Gasteiger partial charge is 0.497 e. The topological polar surface area (TPSA) is 107 Å². The second kappa shape index (κ2) is 12.1. The van der Waals surface area contributed by atoms with Crippen molar-refractivity contribution in [3.63, 3.8) is 0 Å². The molecule has 1 aromatic carbocycles. The van der Waals surface area contributed by atoms with E-state index >= 15 is 0 Å². The van der Waals surface area contributed by atoms with Crippen molar-refractivity contribution in [2.75, 3.05) is 26.1 Å². The molecule has 1 fully saturated rings. The number of aromatic nitrogens is 1. The van der Waals surface area contributed by atoms with Crippen LogP contribution in [0.4, 0.5) is 0 Å². The maximum Gasteiger partial charge on any atom is 0.307 e. The molecular weight excluding hydrogens is 494 g/mol. The van der Waals surface area contributed by atoms with Crippen LogP contribution < -0.4 is 10.1 Å². The van der Waals surface area contributed by atoms with Gasteiger partial charge in [-0.2, -0.15) is 0 Å². The molecule has 3 heterocycles. The lowest BCUT2D eigenvalue weighted by Gasteiger charge is -2.49. The molecule has 0 radical (unpaired) electrons. The average molecular weight is 524 g/mol. The summed E-state index contributed by atoms with van der Waals surface area (Å²) in [5.41, 5.74) is 2.89. The Morgan fingerprint density at radius 1 is 1.30 bits per heavy atom. The number of β-lactam (4-membered cyclic amide) rings is 1. The fraction of sp³-hybridized carbons (Fsp3) is 0.333. The molecule has 37 heavy (non-hydrogen) atoms. The number of ether oxygens (including phenoxy) is 3. The summed E-state index contributed by atoms with van der Waals surface area (Å²) in [6.45, 7) is 6.00. The first-order valence-corrected chi connectivity index (χ1v) is 12.8. The zero-order valence-corrected chi connectivity index (χ0v) is 21.6. The Hall–Kier alpha value is -3.63. The number of methoxy groups -OCH3 is 1. The van der Waals surface area contributed by atoms with Crippen LogP contribution in [0.25, 0.3) is 0 Å². The van der Waals surface area contributed by atoms with Crippen molar-refractivity contribution in [2.45, 2.75) is 31.0 Å². The van der Waals surface area contributed by atoms with Crippen LogP contribution in [0.3, 0.4) is 0 Å². The predicted octanol–water partition coefficient (Wildman–Crippen LogP) is 3.00. The van der Waals surface area contributed by atoms with Crippen LogP contribution in [0, 0.1) is 12.8 Å². The highest BCUT2D eigenvalue weighted by Crippen LogP contribution is 2.40. The maximum absolute atomic E-state index is 13.5. The van der Waals surface area contributed by atoms with Gasteiger partial charge in [-0.1, -0.05) is 18.7 Å². The Kier molecular flexibility index (Phi) is 8.62. The first kappa shape index (κ1) is 26.4. The van der Waals surface area contributed by atoms with Crippen molar-refractivity contribution >= 4 is 29.5 Å². The van der Waals surface area contributed by atoms with Gasteiger partial charge in [-0.05, 0) is 47.9 Å². The average Bonchev–Trinajstić information content (AvgIpc) is 2.92. The number of pyridine rings is 1. The molecule has 0 spiro atoms. The summed E-state index contributed by atoms with van der Waals surface area (Å²) in [5.74, 6) is -0.713. The molecule has 2 aliphatic heterocycles. The van der Waals surface area contributed by atoms with E-state index in [1.54, 1.807) is 19.5 Å². The molecule has 4 rings (SSSR count). The van der Waals surface area contributed by atoms with E-state index in [0.29, 0.717) is 11.3 Å². The number of rotatable bonds is 11. The van der Waals surface area contributed by atoms with E-state index in [2.05, 4.69) is 16.9 Å². The molecule has 1 saturated heterocycles. The zero-order valence-electron chi connectivity index (χ0n) is 20.8.